The second-order valence-electron chi connectivity index (χ2n) is 6.07. The highest BCUT2D eigenvalue weighted by Gasteiger charge is 2.35. The summed E-state index contributed by atoms with van der Waals surface area (Å²) < 4.78 is 23.9. The summed E-state index contributed by atoms with van der Waals surface area (Å²) in [4.78, 5) is 18.3. The molecule has 26 heavy (non-hydrogen) atoms. The molecule has 1 saturated heterocycles. The zero-order valence-corrected chi connectivity index (χ0v) is 14.1. The van der Waals surface area contributed by atoms with Gasteiger partial charge in [0, 0.05) is 24.2 Å². The van der Waals surface area contributed by atoms with Gasteiger partial charge in [0.2, 0.25) is 17.6 Å². The normalized spacial score (nSPS) is 16.9. The standard InChI is InChI=1S/C19H16FN3O3/c1-25-16-7-5-12(6-8-16)18-21-19(26-22-18)13-9-17(24)23(11-13)15-4-2-3-14(20)10-15/h2-8,10,13H,9,11H2,1H3. The number of ether oxygens (including phenoxy) is 1. The van der Waals surface area contributed by atoms with E-state index in [4.69, 9.17) is 9.26 Å². The Labute approximate surface area is 149 Å². The van der Waals surface area contributed by atoms with Crippen molar-refractivity contribution >= 4 is 11.6 Å². The lowest BCUT2D eigenvalue weighted by atomic mass is 10.1. The third kappa shape index (κ3) is 3.03. The average molecular weight is 353 g/mol. The summed E-state index contributed by atoms with van der Waals surface area (Å²) in [5.74, 6) is 0.917. The molecular formula is C19H16FN3O3. The Kier molecular flexibility index (Phi) is 4.12. The molecule has 1 aliphatic heterocycles. The Balaban J connectivity index is 1.53. The third-order valence-electron chi connectivity index (χ3n) is 4.38. The molecule has 7 heteroatoms. The van der Waals surface area contributed by atoms with Crippen LogP contribution in [-0.2, 0) is 4.79 Å². The summed E-state index contributed by atoms with van der Waals surface area (Å²) in [6, 6.07) is 13.3. The highest BCUT2D eigenvalue weighted by molar-refractivity contribution is 5.96. The van der Waals surface area contributed by atoms with Gasteiger partial charge in [-0.05, 0) is 42.5 Å². The van der Waals surface area contributed by atoms with Crippen molar-refractivity contribution in [1.82, 2.24) is 10.1 Å². The van der Waals surface area contributed by atoms with Crippen molar-refractivity contribution in [2.24, 2.45) is 0 Å². The molecule has 6 nitrogen and oxygen atoms in total. The average Bonchev–Trinajstić information content (AvgIpc) is 3.29. The van der Waals surface area contributed by atoms with Gasteiger partial charge in [-0.2, -0.15) is 4.98 Å². The summed E-state index contributed by atoms with van der Waals surface area (Å²) in [5, 5.41) is 4.01. The van der Waals surface area contributed by atoms with Crippen molar-refractivity contribution in [2.75, 3.05) is 18.6 Å². The van der Waals surface area contributed by atoms with E-state index in [2.05, 4.69) is 10.1 Å². The second kappa shape index (κ2) is 6.59. The maximum Gasteiger partial charge on any atom is 0.232 e. The zero-order valence-electron chi connectivity index (χ0n) is 14.1. The number of rotatable bonds is 4. The molecule has 1 atom stereocenters. The molecule has 132 valence electrons. The molecule has 0 saturated carbocycles. The van der Waals surface area contributed by atoms with Crippen molar-refractivity contribution in [3.05, 3.63) is 60.2 Å². The molecule has 0 aliphatic carbocycles. The van der Waals surface area contributed by atoms with Gasteiger partial charge in [-0.3, -0.25) is 4.79 Å². The van der Waals surface area contributed by atoms with Crippen molar-refractivity contribution in [3.8, 4) is 17.1 Å². The summed E-state index contributed by atoms with van der Waals surface area (Å²) in [5.41, 5.74) is 1.33. The summed E-state index contributed by atoms with van der Waals surface area (Å²) in [7, 11) is 1.60. The lowest BCUT2D eigenvalue weighted by molar-refractivity contribution is -0.117. The van der Waals surface area contributed by atoms with Crippen LogP contribution in [-0.4, -0.2) is 29.7 Å². The fourth-order valence-electron chi connectivity index (χ4n) is 3.02. The number of nitrogens with zero attached hydrogens (tertiary/aromatic N) is 3. The number of aromatic nitrogens is 2. The first-order valence-electron chi connectivity index (χ1n) is 8.18. The summed E-state index contributed by atoms with van der Waals surface area (Å²) in [6.07, 6.45) is 0.251. The topological polar surface area (TPSA) is 68.5 Å². The molecule has 1 aliphatic rings. The molecule has 0 N–H and O–H groups in total. The minimum Gasteiger partial charge on any atom is -0.497 e. The number of hydrogen-bond donors (Lipinski definition) is 0. The van der Waals surface area contributed by atoms with E-state index in [1.54, 1.807) is 24.1 Å². The van der Waals surface area contributed by atoms with Gasteiger partial charge >= 0.3 is 0 Å². The smallest absolute Gasteiger partial charge is 0.232 e. The Bertz CT molecular complexity index is 939. The molecule has 1 fully saturated rings. The lowest BCUT2D eigenvalue weighted by Crippen LogP contribution is -2.24. The van der Waals surface area contributed by atoms with Crippen LogP contribution in [0.25, 0.3) is 11.4 Å². The summed E-state index contributed by atoms with van der Waals surface area (Å²) >= 11 is 0. The monoisotopic (exact) mass is 353 g/mol. The lowest BCUT2D eigenvalue weighted by Gasteiger charge is -2.15. The predicted molar refractivity (Wildman–Crippen MR) is 92.4 cm³/mol. The number of anilines is 1. The molecule has 2 aromatic carbocycles. The van der Waals surface area contributed by atoms with Crippen LogP contribution in [0.4, 0.5) is 10.1 Å². The van der Waals surface area contributed by atoms with Gasteiger partial charge in [0.1, 0.15) is 11.6 Å². The second-order valence-corrected chi connectivity index (χ2v) is 6.07. The van der Waals surface area contributed by atoms with Crippen LogP contribution in [0, 0.1) is 5.82 Å². The Morgan fingerprint density at radius 3 is 2.77 bits per heavy atom. The largest absolute Gasteiger partial charge is 0.497 e. The minimum absolute atomic E-state index is 0.0928. The van der Waals surface area contributed by atoms with E-state index >= 15 is 0 Å². The van der Waals surface area contributed by atoms with E-state index in [0.717, 1.165) is 11.3 Å². The van der Waals surface area contributed by atoms with Crippen LogP contribution >= 0.6 is 0 Å². The van der Waals surface area contributed by atoms with Gasteiger partial charge in [0.15, 0.2) is 0 Å². The molecule has 0 radical (unpaired) electrons. The van der Waals surface area contributed by atoms with Crippen LogP contribution in [0.1, 0.15) is 18.2 Å². The maximum atomic E-state index is 13.4. The zero-order chi connectivity index (χ0) is 18.1. The number of carbonyl (C=O) groups excluding carboxylic acids is 1. The van der Waals surface area contributed by atoms with Gasteiger partial charge < -0.3 is 14.2 Å². The number of halogens is 1. The van der Waals surface area contributed by atoms with E-state index in [1.165, 1.54) is 12.1 Å². The first-order valence-corrected chi connectivity index (χ1v) is 8.18. The number of carbonyl (C=O) groups is 1. The van der Waals surface area contributed by atoms with Crippen molar-refractivity contribution in [2.45, 2.75) is 12.3 Å². The number of benzene rings is 2. The van der Waals surface area contributed by atoms with Gasteiger partial charge in [-0.25, -0.2) is 4.39 Å². The van der Waals surface area contributed by atoms with Crippen LogP contribution < -0.4 is 9.64 Å². The molecule has 3 aromatic rings. The van der Waals surface area contributed by atoms with E-state index in [9.17, 15) is 9.18 Å². The van der Waals surface area contributed by atoms with E-state index in [-0.39, 0.29) is 24.1 Å². The van der Waals surface area contributed by atoms with Crippen LogP contribution in [0.5, 0.6) is 5.75 Å². The van der Waals surface area contributed by atoms with Crippen LogP contribution in [0.15, 0.2) is 53.1 Å². The van der Waals surface area contributed by atoms with Crippen molar-refractivity contribution in [1.29, 1.82) is 0 Å². The fraction of sp³-hybridized carbons (Fsp3) is 0.211. The van der Waals surface area contributed by atoms with Gasteiger partial charge in [-0.1, -0.05) is 11.2 Å². The molecular weight excluding hydrogens is 337 g/mol. The van der Waals surface area contributed by atoms with Crippen molar-refractivity contribution < 1.29 is 18.4 Å². The fourth-order valence-corrected chi connectivity index (χ4v) is 3.02. The van der Waals surface area contributed by atoms with Crippen LogP contribution in [0.3, 0.4) is 0 Å². The molecule has 1 amide bonds. The van der Waals surface area contributed by atoms with E-state index < -0.39 is 0 Å². The molecule has 0 bridgehead atoms. The number of amides is 1. The SMILES string of the molecule is COc1ccc(-c2noc(C3CC(=O)N(c4cccc(F)c4)C3)n2)cc1. The first-order chi connectivity index (χ1) is 12.6. The Hall–Kier alpha value is -3.22. The molecule has 1 unspecified atom stereocenters. The molecule has 0 spiro atoms. The first kappa shape index (κ1) is 16.3. The number of hydrogen-bond acceptors (Lipinski definition) is 5. The summed E-state index contributed by atoms with van der Waals surface area (Å²) in [6.45, 7) is 0.381. The van der Waals surface area contributed by atoms with Crippen LogP contribution in [0.2, 0.25) is 0 Å². The van der Waals surface area contributed by atoms with Gasteiger partial charge in [0.25, 0.3) is 0 Å². The highest BCUT2D eigenvalue weighted by Crippen LogP contribution is 2.32. The highest BCUT2D eigenvalue weighted by atomic mass is 19.1. The Morgan fingerprint density at radius 1 is 1.23 bits per heavy atom. The quantitative estimate of drug-likeness (QED) is 0.719. The van der Waals surface area contributed by atoms with Gasteiger partial charge in [-0.15, -0.1) is 0 Å². The van der Waals surface area contributed by atoms with Gasteiger partial charge in [0.05, 0.1) is 13.0 Å². The minimum atomic E-state index is -0.377. The predicted octanol–water partition coefficient (Wildman–Crippen LogP) is 3.40. The van der Waals surface area contributed by atoms with E-state index in [1.807, 2.05) is 24.3 Å². The molecule has 4 rings (SSSR count). The molecule has 1 aromatic heterocycles. The van der Waals surface area contributed by atoms with Crippen molar-refractivity contribution in [3.63, 3.8) is 0 Å². The Morgan fingerprint density at radius 2 is 2.04 bits per heavy atom. The number of methoxy groups -OCH3 is 1. The van der Waals surface area contributed by atoms with E-state index in [0.29, 0.717) is 23.9 Å². The molecule has 2 heterocycles. The third-order valence-corrected chi connectivity index (χ3v) is 4.38. The maximum absolute atomic E-state index is 13.4.